The second-order valence-electron chi connectivity index (χ2n) is 6.31. The molecule has 0 bridgehead atoms. The molecule has 8 nitrogen and oxygen atoms in total. The Hall–Kier alpha value is -0.190. The van der Waals surface area contributed by atoms with Gasteiger partial charge < -0.3 is 14.8 Å². The Bertz CT molecular complexity index is 636. The molecule has 0 unspecified atom stereocenters. The molecule has 0 aliphatic rings. The summed E-state index contributed by atoms with van der Waals surface area (Å²) in [5.41, 5.74) is 0. The molecule has 1 aromatic rings. The third-order valence-electron chi connectivity index (χ3n) is 3.93. The van der Waals surface area contributed by atoms with Crippen LogP contribution in [0.3, 0.4) is 0 Å². The van der Waals surface area contributed by atoms with Gasteiger partial charge in [0.25, 0.3) is 0 Å². The minimum atomic E-state index is -4.29. The van der Waals surface area contributed by atoms with Crippen molar-refractivity contribution in [2.45, 2.75) is 58.3 Å². The van der Waals surface area contributed by atoms with Crippen LogP contribution >= 0.6 is 11.6 Å². The van der Waals surface area contributed by atoms with E-state index < -0.39 is 15.9 Å². The SMILES string of the molecule is CCCCCCCCCCNc1nc(Cl)nc(N(C)CCS(=O)(=O)[O-])n1.[Na+]. The molecule has 0 aliphatic heterocycles. The van der Waals surface area contributed by atoms with E-state index in [-0.39, 0.29) is 47.3 Å². The number of hydrogen-bond acceptors (Lipinski definition) is 8. The van der Waals surface area contributed by atoms with E-state index in [1.807, 2.05) is 0 Å². The number of hydrogen-bond donors (Lipinski definition) is 1. The van der Waals surface area contributed by atoms with Crippen LogP contribution in [-0.2, 0) is 10.1 Å². The summed E-state index contributed by atoms with van der Waals surface area (Å²) >= 11 is 5.90. The Morgan fingerprint density at radius 1 is 1.04 bits per heavy atom. The maximum absolute atomic E-state index is 10.7. The molecule has 150 valence electrons. The van der Waals surface area contributed by atoms with Crippen molar-refractivity contribution in [2.75, 3.05) is 36.1 Å². The molecule has 0 amide bonds. The van der Waals surface area contributed by atoms with E-state index in [1.165, 1.54) is 43.4 Å². The summed E-state index contributed by atoms with van der Waals surface area (Å²) in [6.45, 7) is 2.94. The molecule has 0 saturated carbocycles. The number of nitrogens with one attached hydrogen (secondary N) is 1. The van der Waals surface area contributed by atoms with Crippen molar-refractivity contribution in [2.24, 2.45) is 0 Å². The second kappa shape index (κ2) is 14.8. The van der Waals surface area contributed by atoms with E-state index >= 15 is 0 Å². The summed E-state index contributed by atoms with van der Waals surface area (Å²) in [4.78, 5) is 13.7. The first-order chi connectivity index (χ1) is 12.3. The number of nitrogens with zero attached hydrogens (tertiary/aromatic N) is 4. The molecule has 11 heteroatoms. The van der Waals surface area contributed by atoms with E-state index in [1.54, 1.807) is 7.05 Å². The molecule has 27 heavy (non-hydrogen) atoms. The van der Waals surface area contributed by atoms with E-state index in [2.05, 4.69) is 27.2 Å². The first kappa shape index (κ1) is 26.8. The van der Waals surface area contributed by atoms with Crippen molar-refractivity contribution >= 4 is 33.6 Å². The topological polar surface area (TPSA) is 111 Å². The first-order valence-electron chi connectivity index (χ1n) is 9.12. The van der Waals surface area contributed by atoms with Gasteiger partial charge in [-0.15, -0.1) is 0 Å². The standard InChI is InChI=1S/C16H30ClN5O3S.Na/c1-3-4-5-6-7-8-9-10-11-18-15-19-14(17)20-16(21-15)22(2)12-13-26(23,24)25;/h3-13H2,1-2H3,(H,23,24,25)(H,18,19,20,21);/q;+1/p-1. The predicted molar refractivity (Wildman–Crippen MR) is 104 cm³/mol. The number of anilines is 2. The molecule has 1 N–H and O–H groups in total. The van der Waals surface area contributed by atoms with Gasteiger partial charge in [0.05, 0.1) is 15.9 Å². The summed E-state index contributed by atoms with van der Waals surface area (Å²) in [6, 6.07) is 0. The van der Waals surface area contributed by atoms with Gasteiger partial charge in [0.15, 0.2) is 0 Å². The zero-order valence-corrected chi connectivity index (χ0v) is 20.2. The molecule has 0 aromatic carbocycles. The van der Waals surface area contributed by atoms with Gasteiger partial charge in [0.1, 0.15) is 0 Å². The molecule has 1 aromatic heterocycles. The smallest absolute Gasteiger partial charge is 0.748 e. The minimum absolute atomic E-state index is 0. The van der Waals surface area contributed by atoms with Crippen LogP contribution in [0.25, 0.3) is 0 Å². The third-order valence-corrected chi connectivity index (χ3v) is 4.78. The van der Waals surface area contributed by atoms with Crippen LogP contribution in [0.5, 0.6) is 0 Å². The van der Waals surface area contributed by atoms with Crippen molar-refractivity contribution < 1.29 is 42.5 Å². The zero-order chi connectivity index (χ0) is 19.4. The Kier molecular flexibility index (Phi) is 14.7. The number of aromatic nitrogens is 3. The summed E-state index contributed by atoms with van der Waals surface area (Å²) < 4.78 is 32.2. The molecule has 0 saturated heterocycles. The van der Waals surface area contributed by atoms with Crippen LogP contribution in [0, 0.1) is 0 Å². The van der Waals surface area contributed by atoms with Gasteiger partial charge in [0, 0.05) is 20.1 Å². The van der Waals surface area contributed by atoms with E-state index in [9.17, 15) is 13.0 Å². The number of halogens is 1. The quantitative estimate of drug-likeness (QED) is 0.251. The van der Waals surface area contributed by atoms with Crippen molar-refractivity contribution in [3.8, 4) is 0 Å². The fourth-order valence-corrected chi connectivity index (χ4v) is 3.05. The Balaban J connectivity index is 0.00000676. The second-order valence-corrected chi connectivity index (χ2v) is 8.17. The summed E-state index contributed by atoms with van der Waals surface area (Å²) in [5, 5.41) is 3.13. The Labute approximate surface area is 189 Å². The molecule has 0 atom stereocenters. The van der Waals surface area contributed by atoms with Gasteiger partial charge >= 0.3 is 29.6 Å². The normalized spacial score (nSPS) is 11.1. The van der Waals surface area contributed by atoms with E-state index in [4.69, 9.17) is 11.6 Å². The molecule has 0 spiro atoms. The van der Waals surface area contributed by atoms with Gasteiger partial charge in [0.2, 0.25) is 17.2 Å². The van der Waals surface area contributed by atoms with Gasteiger partial charge in [-0.3, -0.25) is 0 Å². The predicted octanol–water partition coefficient (Wildman–Crippen LogP) is 0.0630. The largest absolute Gasteiger partial charge is 1.00 e. The van der Waals surface area contributed by atoms with Gasteiger partial charge in [-0.2, -0.15) is 15.0 Å². The molecule has 0 radical (unpaired) electrons. The van der Waals surface area contributed by atoms with E-state index in [0.29, 0.717) is 5.95 Å². The van der Waals surface area contributed by atoms with Crippen LogP contribution < -0.4 is 39.8 Å². The molecular formula is C16H29ClN5NaO3S. The Morgan fingerprint density at radius 3 is 2.22 bits per heavy atom. The number of unbranched alkanes of at least 4 members (excludes halogenated alkanes) is 7. The van der Waals surface area contributed by atoms with Crippen LogP contribution in [0.1, 0.15) is 58.3 Å². The van der Waals surface area contributed by atoms with Crippen molar-refractivity contribution in [1.29, 1.82) is 0 Å². The third kappa shape index (κ3) is 13.6. The fourth-order valence-electron chi connectivity index (χ4n) is 2.40. The summed E-state index contributed by atoms with van der Waals surface area (Å²) in [5.74, 6) is 0.0558. The van der Waals surface area contributed by atoms with Crippen LogP contribution in [0.4, 0.5) is 11.9 Å². The monoisotopic (exact) mass is 429 g/mol. The Morgan fingerprint density at radius 2 is 1.63 bits per heavy atom. The van der Waals surface area contributed by atoms with Crippen molar-refractivity contribution in [3.05, 3.63) is 5.28 Å². The maximum Gasteiger partial charge on any atom is 1.00 e. The first-order valence-corrected chi connectivity index (χ1v) is 11.1. The number of rotatable bonds is 14. The fraction of sp³-hybridized carbons (Fsp3) is 0.812. The molecule has 0 fully saturated rings. The van der Waals surface area contributed by atoms with Crippen LogP contribution in [0.2, 0.25) is 5.28 Å². The van der Waals surface area contributed by atoms with Crippen molar-refractivity contribution in [3.63, 3.8) is 0 Å². The average molecular weight is 430 g/mol. The van der Waals surface area contributed by atoms with Crippen LogP contribution in [0.15, 0.2) is 0 Å². The van der Waals surface area contributed by atoms with Gasteiger partial charge in [-0.25, -0.2) is 8.42 Å². The molecule has 1 heterocycles. The zero-order valence-electron chi connectivity index (χ0n) is 16.6. The molecule has 0 aliphatic carbocycles. The van der Waals surface area contributed by atoms with Gasteiger partial charge in [-0.1, -0.05) is 51.9 Å². The summed E-state index contributed by atoms with van der Waals surface area (Å²) in [6.07, 6.45) is 9.86. The maximum atomic E-state index is 10.7. The average Bonchev–Trinajstić information content (AvgIpc) is 2.57. The summed E-state index contributed by atoms with van der Waals surface area (Å²) in [7, 11) is -2.69. The minimum Gasteiger partial charge on any atom is -0.748 e. The van der Waals surface area contributed by atoms with Crippen LogP contribution in [-0.4, -0.2) is 53.8 Å². The molecular weight excluding hydrogens is 401 g/mol. The van der Waals surface area contributed by atoms with E-state index in [0.717, 1.165) is 19.4 Å². The van der Waals surface area contributed by atoms with Gasteiger partial charge in [-0.05, 0) is 18.0 Å². The molecule has 1 rings (SSSR count). The van der Waals surface area contributed by atoms with Crippen molar-refractivity contribution in [1.82, 2.24) is 15.0 Å².